The smallest absolute Gasteiger partial charge is 0.409 e. The predicted octanol–water partition coefficient (Wildman–Crippen LogP) is 6.09. The van der Waals surface area contributed by atoms with Crippen molar-refractivity contribution in [3.8, 4) is 22.9 Å². The molecule has 6 rings (SSSR count). The highest BCUT2D eigenvalue weighted by molar-refractivity contribution is 5.94. The van der Waals surface area contributed by atoms with E-state index in [9.17, 15) is 14.9 Å². The minimum Gasteiger partial charge on any atom is -0.484 e. The van der Waals surface area contributed by atoms with Crippen LogP contribution in [-0.2, 0) is 26.1 Å². The average Bonchev–Trinajstić information content (AvgIpc) is 3.33. The number of hydrogen-bond acceptors (Lipinski definition) is 8. The van der Waals surface area contributed by atoms with Crippen molar-refractivity contribution in [3.63, 3.8) is 0 Å². The van der Waals surface area contributed by atoms with E-state index in [1.54, 1.807) is 36.2 Å². The molecular formula is C35H34N4O5. The van der Waals surface area contributed by atoms with Gasteiger partial charge in [-0.25, -0.2) is 9.78 Å². The lowest BCUT2D eigenvalue weighted by Crippen LogP contribution is -2.44. The Balaban J connectivity index is 1.41. The Morgan fingerprint density at radius 3 is 2.61 bits per heavy atom. The Hall–Kier alpha value is -5.10. The Labute approximate surface area is 256 Å². The second-order valence-corrected chi connectivity index (χ2v) is 11.4. The van der Waals surface area contributed by atoms with Gasteiger partial charge in [-0.05, 0) is 78.1 Å². The molecule has 2 N–H and O–H groups in total. The molecule has 1 amide bonds. The van der Waals surface area contributed by atoms with E-state index in [0.717, 1.165) is 40.3 Å². The van der Waals surface area contributed by atoms with Crippen molar-refractivity contribution in [1.82, 2.24) is 9.88 Å². The number of fused-ring (bicyclic) bond motifs is 3. The van der Waals surface area contributed by atoms with Crippen LogP contribution in [0.1, 0.15) is 54.5 Å². The number of nitrogen functional groups attached to an aromatic ring is 1. The maximum absolute atomic E-state index is 12.5. The number of anilines is 1. The molecule has 4 aromatic rings. The van der Waals surface area contributed by atoms with E-state index in [1.807, 2.05) is 12.1 Å². The Bertz CT molecular complexity index is 1790. The van der Waals surface area contributed by atoms with Crippen LogP contribution in [-0.4, -0.2) is 48.8 Å². The van der Waals surface area contributed by atoms with E-state index in [1.165, 1.54) is 12.7 Å². The summed E-state index contributed by atoms with van der Waals surface area (Å²) in [6, 6.07) is 22.1. The van der Waals surface area contributed by atoms with Crippen LogP contribution < -0.4 is 10.5 Å². The quantitative estimate of drug-likeness (QED) is 0.268. The first-order chi connectivity index (χ1) is 21.4. The third-order valence-electron chi connectivity index (χ3n) is 8.95. The number of carbonyl (C=O) groups is 2. The average molecular weight is 591 g/mol. The number of hydrogen-bond donors (Lipinski definition) is 1. The van der Waals surface area contributed by atoms with Crippen LogP contribution >= 0.6 is 0 Å². The monoisotopic (exact) mass is 590 g/mol. The Morgan fingerprint density at radius 2 is 1.86 bits per heavy atom. The van der Waals surface area contributed by atoms with Gasteiger partial charge in [0.1, 0.15) is 23.7 Å². The maximum Gasteiger partial charge on any atom is 0.409 e. The Kier molecular flexibility index (Phi) is 7.83. The van der Waals surface area contributed by atoms with Gasteiger partial charge >= 0.3 is 12.1 Å². The molecule has 1 fully saturated rings. The van der Waals surface area contributed by atoms with Crippen molar-refractivity contribution in [1.29, 1.82) is 5.26 Å². The highest BCUT2D eigenvalue weighted by Crippen LogP contribution is 2.53. The summed E-state index contributed by atoms with van der Waals surface area (Å²) in [5, 5.41) is 11.9. The van der Waals surface area contributed by atoms with Crippen LogP contribution in [0.5, 0.6) is 5.75 Å². The molecule has 1 aromatic heterocycles. The van der Waals surface area contributed by atoms with E-state index < -0.39 is 0 Å². The van der Waals surface area contributed by atoms with Gasteiger partial charge in [0.25, 0.3) is 0 Å². The van der Waals surface area contributed by atoms with Crippen molar-refractivity contribution in [3.05, 3.63) is 89.1 Å². The third-order valence-corrected chi connectivity index (χ3v) is 8.95. The fourth-order valence-corrected chi connectivity index (χ4v) is 6.72. The van der Waals surface area contributed by atoms with E-state index >= 15 is 0 Å². The van der Waals surface area contributed by atoms with E-state index in [4.69, 9.17) is 19.9 Å². The molecule has 0 bridgehead atoms. The number of benzene rings is 3. The molecule has 1 aliphatic heterocycles. The number of aromatic nitrogens is 1. The molecule has 0 saturated carbocycles. The fraction of sp³-hybridized carbons (Fsp3) is 0.314. The molecular weight excluding hydrogens is 556 g/mol. The van der Waals surface area contributed by atoms with Crippen molar-refractivity contribution in [2.75, 3.05) is 32.5 Å². The van der Waals surface area contributed by atoms with Gasteiger partial charge in [-0.1, -0.05) is 36.4 Å². The van der Waals surface area contributed by atoms with Gasteiger partial charge < -0.3 is 24.8 Å². The van der Waals surface area contributed by atoms with Gasteiger partial charge in [0, 0.05) is 35.7 Å². The number of amides is 1. The predicted molar refractivity (Wildman–Crippen MR) is 166 cm³/mol. The molecule has 1 atom stereocenters. The molecule has 44 heavy (non-hydrogen) atoms. The minimum absolute atomic E-state index is 0.00406. The number of rotatable bonds is 6. The van der Waals surface area contributed by atoms with E-state index in [-0.39, 0.29) is 36.6 Å². The lowest BCUT2D eigenvalue weighted by Gasteiger charge is -2.39. The molecule has 224 valence electrons. The molecule has 9 nitrogen and oxygen atoms in total. The number of carbonyl (C=O) groups excluding carboxylic acids is 2. The van der Waals surface area contributed by atoms with Crippen molar-refractivity contribution in [2.45, 2.75) is 44.1 Å². The zero-order valence-electron chi connectivity index (χ0n) is 24.8. The van der Waals surface area contributed by atoms with Gasteiger partial charge in [0.05, 0.1) is 25.7 Å². The summed E-state index contributed by atoms with van der Waals surface area (Å²) in [6.45, 7) is 3.17. The van der Waals surface area contributed by atoms with Crippen LogP contribution in [0.4, 0.5) is 10.6 Å². The molecule has 9 heteroatoms. The zero-order valence-corrected chi connectivity index (χ0v) is 24.8. The maximum atomic E-state index is 12.5. The largest absolute Gasteiger partial charge is 0.484 e. The fourth-order valence-electron chi connectivity index (χ4n) is 6.72. The number of likely N-dealkylation sites (tertiary alicyclic amines) is 1. The summed E-state index contributed by atoms with van der Waals surface area (Å²) in [4.78, 5) is 30.7. The van der Waals surface area contributed by atoms with Crippen LogP contribution in [0, 0.1) is 11.3 Å². The number of para-hydroxylation sites is 1. The highest BCUT2D eigenvalue weighted by Gasteiger charge is 2.47. The summed E-state index contributed by atoms with van der Waals surface area (Å²) in [5.74, 6) is 0.501. The molecule has 1 aliphatic carbocycles. The summed E-state index contributed by atoms with van der Waals surface area (Å²) in [6.07, 6.45) is 3.19. The van der Waals surface area contributed by atoms with Gasteiger partial charge in [-0.15, -0.1) is 0 Å². The summed E-state index contributed by atoms with van der Waals surface area (Å²) >= 11 is 0. The number of nitrogens with two attached hydrogens (primary N) is 1. The first kappa shape index (κ1) is 29.0. The highest BCUT2D eigenvalue weighted by atomic mass is 16.5. The molecule has 3 aromatic carbocycles. The lowest BCUT2D eigenvalue weighted by molar-refractivity contribution is -0.142. The van der Waals surface area contributed by atoms with Crippen LogP contribution in [0.15, 0.2) is 66.9 Å². The second-order valence-electron chi connectivity index (χ2n) is 11.4. The zero-order chi connectivity index (χ0) is 30.8. The SMILES string of the molecule is CCOC(=O)Cc1cccc(C#N)c1OC1CC2(CCN(C(=O)OC)CC2)c2ccc(-c3ccc4ccnc(N)c4c3)cc21. The number of piperidine rings is 1. The van der Waals surface area contributed by atoms with Crippen LogP contribution in [0.25, 0.3) is 21.9 Å². The molecule has 1 unspecified atom stereocenters. The number of ether oxygens (including phenoxy) is 3. The Morgan fingerprint density at radius 1 is 1.09 bits per heavy atom. The standard InChI is InChI=1S/C35H34N4O5/c1-3-43-31(40)19-25-5-4-6-26(21-36)32(25)44-30-20-35(12-15-39(16-13-35)34(41)42-2)29-10-9-24(18-28(29)30)23-8-7-22-11-14-38-33(37)27(22)17-23/h4-11,14,17-18,30H,3,12-13,15-16,19-20H2,1-2H3,(H2,37,38). The minimum atomic E-state index is -0.378. The normalized spacial score (nSPS) is 16.8. The van der Waals surface area contributed by atoms with Gasteiger partial charge in [-0.2, -0.15) is 5.26 Å². The lowest BCUT2D eigenvalue weighted by atomic mass is 9.73. The molecule has 0 radical (unpaired) electrons. The van der Waals surface area contributed by atoms with Crippen LogP contribution in [0.3, 0.4) is 0 Å². The number of esters is 1. The van der Waals surface area contributed by atoms with Crippen LogP contribution in [0.2, 0.25) is 0 Å². The van der Waals surface area contributed by atoms with Gasteiger partial charge in [0.2, 0.25) is 0 Å². The van der Waals surface area contributed by atoms with Crippen molar-refractivity contribution >= 4 is 28.7 Å². The topological polar surface area (TPSA) is 128 Å². The van der Waals surface area contributed by atoms with Crippen molar-refractivity contribution in [2.24, 2.45) is 0 Å². The summed E-state index contributed by atoms with van der Waals surface area (Å²) in [5.41, 5.74) is 11.2. The third kappa shape index (κ3) is 5.28. The molecule has 1 spiro atoms. The van der Waals surface area contributed by atoms with E-state index in [2.05, 4.69) is 41.4 Å². The molecule has 2 aliphatic rings. The second kappa shape index (κ2) is 11.9. The molecule has 1 saturated heterocycles. The number of nitriles is 1. The first-order valence-electron chi connectivity index (χ1n) is 14.8. The summed E-state index contributed by atoms with van der Waals surface area (Å²) < 4.78 is 17.0. The summed E-state index contributed by atoms with van der Waals surface area (Å²) in [7, 11) is 1.40. The molecule has 2 heterocycles. The van der Waals surface area contributed by atoms with Gasteiger partial charge in [-0.3, -0.25) is 4.79 Å². The number of methoxy groups -OCH3 is 1. The first-order valence-corrected chi connectivity index (χ1v) is 14.8. The number of nitrogens with zero attached hydrogens (tertiary/aromatic N) is 3. The number of pyridine rings is 1. The van der Waals surface area contributed by atoms with Gasteiger partial charge in [0.15, 0.2) is 0 Å². The van der Waals surface area contributed by atoms with Crippen molar-refractivity contribution < 1.29 is 23.8 Å². The van der Waals surface area contributed by atoms with E-state index in [0.29, 0.717) is 42.2 Å².